The summed E-state index contributed by atoms with van der Waals surface area (Å²) in [6.45, 7) is 4.23. The molecule has 1 rings (SSSR count). The number of benzene rings is 1. The minimum Gasteiger partial charge on any atom is -0.497 e. The molecule has 1 atom stereocenters. The van der Waals surface area contributed by atoms with Gasteiger partial charge in [0.25, 0.3) is 5.91 Å². The SMILES string of the molecule is CCNC(=S)NNC(=O)C(C)Oc1cccc(OC)c1. The zero-order chi connectivity index (χ0) is 15.0. The second kappa shape index (κ2) is 8.21. The van der Waals surface area contributed by atoms with Gasteiger partial charge in [0, 0.05) is 12.6 Å². The van der Waals surface area contributed by atoms with Crippen LogP contribution in [-0.2, 0) is 4.79 Å². The van der Waals surface area contributed by atoms with Crippen LogP contribution in [0.4, 0.5) is 0 Å². The van der Waals surface area contributed by atoms with Crippen molar-refractivity contribution in [3.05, 3.63) is 24.3 Å². The van der Waals surface area contributed by atoms with Crippen molar-refractivity contribution in [3.8, 4) is 11.5 Å². The largest absolute Gasteiger partial charge is 0.497 e. The maximum atomic E-state index is 11.8. The van der Waals surface area contributed by atoms with E-state index in [2.05, 4.69) is 16.2 Å². The Morgan fingerprint density at radius 2 is 2.05 bits per heavy atom. The molecule has 20 heavy (non-hydrogen) atoms. The van der Waals surface area contributed by atoms with Crippen molar-refractivity contribution in [2.45, 2.75) is 20.0 Å². The molecular weight excluding hydrogens is 278 g/mol. The summed E-state index contributed by atoms with van der Waals surface area (Å²) in [5.74, 6) is 0.899. The summed E-state index contributed by atoms with van der Waals surface area (Å²) >= 11 is 4.93. The van der Waals surface area contributed by atoms with Crippen molar-refractivity contribution in [2.24, 2.45) is 0 Å². The molecule has 1 unspecified atom stereocenters. The molecule has 0 bridgehead atoms. The first-order valence-corrected chi connectivity index (χ1v) is 6.62. The fraction of sp³-hybridized carbons (Fsp3) is 0.385. The monoisotopic (exact) mass is 297 g/mol. The third-order valence-electron chi connectivity index (χ3n) is 2.36. The normalized spacial score (nSPS) is 11.2. The Morgan fingerprint density at radius 1 is 1.35 bits per heavy atom. The lowest BCUT2D eigenvalue weighted by Gasteiger charge is -2.16. The van der Waals surface area contributed by atoms with Crippen LogP contribution in [0.2, 0.25) is 0 Å². The molecule has 6 nitrogen and oxygen atoms in total. The lowest BCUT2D eigenvalue weighted by Crippen LogP contribution is -2.50. The van der Waals surface area contributed by atoms with Crippen molar-refractivity contribution in [2.75, 3.05) is 13.7 Å². The van der Waals surface area contributed by atoms with Gasteiger partial charge in [0.05, 0.1) is 7.11 Å². The number of ether oxygens (including phenoxy) is 2. The van der Waals surface area contributed by atoms with E-state index in [1.165, 1.54) is 0 Å². The molecule has 0 spiro atoms. The summed E-state index contributed by atoms with van der Waals surface area (Å²) in [4.78, 5) is 11.8. The van der Waals surface area contributed by atoms with Crippen molar-refractivity contribution in [1.29, 1.82) is 0 Å². The molecule has 0 radical (unpaired) electrons. The van der Waals surface area contributed by atoms with Gasteiger partial charge >= 0.3 is 0 Å². The van der Waals surface area contributed by atoms with E-state index in [4.69, 9.17) is 21.7 Å². The van der Waals surface area contributed by atoms with Crippen LogP contribution < -0.4 is 25.6 Å². The van der Waals surface area contributed by atoms with Gasteiger partial charge in [-0.25, -0.2) is 0 Å². The van der Waals surface area contributed by atoms with Gasteiger partial charge in [-0.1, -0.05) is 6.07 Å². The highest BCUT2D eigenvalue weighted by Crippen LogP contribution is 2.19. The second-order valence-electron chi connectivity index (χ2n) is 3.91. The molecule has 0 fully saturated rings. The van der Waals surface area contributed by atoms with Crippen LogP contribution in [0, 0.1) is 0 Å². The van der Waals surface area contributed by atoms with Crippen molar-refractivity contribution < 1.29 is 14.3 Å². The lowest BCUT2D eigenvalue weighted by molar-refractivity contribution is -0.127. The first-order chi connectivity index (χ1) is 9.56. The number of nitrogens with one attached hydrogen (secondary N) is 3. The fourth-order valence-corrected chi connectivity index (χ4v) is 1.55. The molecule has 1 aromatic carbocycles. The summed E-state index contributed by atoms with van der Waals surface area (Å²) in [5, 5.41) is 3.21. The molecule has 110 valence electrons. The molecule has 1 amide bonds. The molecule has 0 aliphatic heterocycles. The quantitative estimate of drug-likeness (QED) is 0.556. The number of rotatable bonds is 5. The van der Waals surface area contributed by atoms with Crippen LogP contribution in [0.25, 0.3) is 0 Å². The Kier molecular flexibility index (Phi) is 6.58. The number of hydrogen-bond donors (Lipinski definition) is 3. The van der Waals surface area contributed by atoms with Gasteiger partial charge in [0.2, 0.25) is 0 Å². The standard InChI is InChI=1S/C13H19N3O3S/c1-4-14-13(20)16-15-12(17)9(2)19-11-7-5-6-10(8-11)18-3/h5-9H,4H2,1-3H3,(H,15,17)(H2,14,16,20). The van der Waals surface area contributed by atoms with Gasteiger partial charge in [-0.3, -0.25) is 15.6 Å². The Bertz CT molecular complexity index is 468. The van der Waals surface area contributed by atoms with Crippen LogP contribution in [0.15, 0.2) is 24.3 Å². The van der Waals surface area contributed by atoms with Crippen molar-refractivity contribution >= 4 is 23.2 Å². The second-order valence-corrected chi connectivity index (χ2v) is 4.32. The van der Waals surface area contributed by atoms with Crippen LogP contribution in [0.5, 0.6) is 11.5 Å². The first-order valence-electron chi connectivity index (χ1n) is 6.21. The smallest absolute Gasteiger partial charge is 0.279 e. The summed E-state index contributed by atoms with van der Waals surface area (Å²) < 4.78 is 10.6. The van der Waals surface area contributed by atoms with E-state index < -0.39 is 6.10 Å². The van der Waals surface area contributed by atoms with E-state index in [9.17, 15) is 4.79 Å². The van der Waals surface area contributed by atoms with E-state index in [0.717, 1.165) is 0 Å². The molecule has 0 aliphatic carbocycles. The summed E-state index contributed by atoms with van der Waals surface area (Å²) in [7, 11) is 1.57. The Balaban J connectivity index is 2.46. The molecule has 0 saturated heterocycles. The molecule has 7 heteroatoms. The summed E-state index contributed by atoms with van der Waals surface area (Å²) in [6, 6.07) is 7.05. The number of hydrogen-bond acceptors (Lipinski definition) is 4. The first kappa shape index (κ1) is 16.0. The van der Waals surface area contributed by atoms with Crippen LogP contribution in [0.3, 0.4) is 0 Å². The molecule has 3 N–H and O–H groups in total. The number of amides is 1. The highest BCUT2D eigenvalue weighted by atomic mass is 32.1. The van der Waals surface area contributed by atoms with Crippen molar-refractivity contribution in [3.63, 3.8) is 0 Å². The predicted octanol–water partition coefficient (Wildman–Crippen LogP) is 0.978. The van der Waals surface area contributed by atoms with Gasteiger partial charge in [0.1, 0.15) is 11.5 Å². The van der Waals surface area contributed by atoms with E-state index in [1.54, 1.807) is 38.3 Å². The third-order valence-corrected chi connectivity index (χ3v) is 2.61. The molecule has 0 heterocycles. The number of carbonyl (C=O) groups excluding carboxylic acids is 1. The zero-order valence-corrected chi connectivity index (χ0v) is 12.5. The average Bonchev–Trinajstić information content (AvgIpc) is 2.45. The van der Waals surface area contributed by atoms with Gasteiger partial charge in [-0.2, -0.15) is 0 Å². The number of hydrazine groups is 1. The van der Waals surface area contributed by atoms with Gasteiger partial charge in [-0.05, 0) is 38.2 Å². The Labute approximate surface area is 123 Å². The summed E-state index contributed by atoms with van der Waals surface area (Å²) in [5.41, 5.74) is 5.06. The molecule has 0 saturated carbocycles. The number of thiocarbonyl (C=S) groups is 1. The summed E-state index contributed by atoms with van der Waals surface area (Å²) in [6.07, 6.45) is -0.668. The fourth-order valence-electron chi connectivity index (χ4n) is 1.36. The Hall–Kier alpha value is -2.02. The number of carbonyl (C=O) groups is 1. The molecule has 0 aliphatic rings. The van der Waals surface area contributed by atoms with Crippen LogP contribution >= 0.6 is 12.2 Å². The lowest BCUT2D eigenvalue weighted by atomic mass is 10.3. The predicted molar refractivity (Wildman–Crippen MR) is 80.6 cm³/mol. The average molecular weight is 297 g/mol. The van der Waals surface area contributed by atoms with Gasteiger partial charge in [-0.15, -0.1) is 0 Å². The molecule has 0 aromatic heterocycles. The van der Waals surface area contributed by atoms with Crippen molar-refractivity contribution in [1.82, 2.24) is 16.2 Å². The minimum absolute atomic E-state index is 0.326. The maximum absolute atomic E-state index is 11.8. The zero-order valence-electron chi connectivity index (χ0n) is 11.7. The van der Waals surface area contributed by atoms with E-state index in [-0.39, 0.29) is 5.91 Å². The van der Waals surface area contributed by atoms with Gasteiger partial charge in [0.15, 0.2) is 11.2 Å². The van der Waals surface area contributed by atoms with E-state index in [1.807, 2.05) is 6.92 Å². The van der Waals surface area contributed by atoms with Crippen LogP contribution in [-0.4, -0.2) is 30.8 Å². The topological polar surface area (TPSA) is 71.6 Å². The molecule has 1 aromatic rings. The van der Waals surface area contributed by atoms with Gasteiger partial charge < -0.3 is 14.8 Å². The molecular formula is C13H19N3O3S. The Morgan fingerprint density at radius 3 is 2.70 bits per heavy atom. The van der Waals surface area contributed by atoms with E-state index >= 15 is 0 Å². The number of methoxy groups -OCH3 is 1. The maximum Gasteiger partial charge on any atom is 0.279 e. The highest BCUT2D eigenvalue weighted by Gasteiger charge is 2.14. The van der Waals surface area contributed by atoms with Crippen LogP contribution in [0.1, 0.15) is 13.8 Å². The minimum atomic E-state index is -0.668. The highest BCUT2D eigenvalue weighted by molar-refractivity contribution is 7.80. The third kappa shape index (κ3) is 5.31. The van der Waals surface area contributed by atoms with E-state index in [0.29, 0.717) is 23.2 Å².